The molecule has 0 radical (unpaired) electrons. The zero-order valence-electron chi connectivity index (χ0n) is 22.1. The summed E-state index contributed by atoms with van der Waals surface area (Å²) in [5.41, 5.74) is 7.74. The Morgan fingerprint density at radius 1 is 1.00 bits per heavy atom. The molecule has 2 heterocycles. The average molecular weight is 647 g/mol. The third-order valence-corrected chi connectivity index (χ3v) is 6.21. The standard InChI is InChI=1S/C25H21ClF6N8O4/c26-14-7-5-13(6-8-14)21-37-39(23(43)38(21)11-17(25(30,31)32)44-19(41)9-10-33)12-18-35-22(20(34)42)40(36-18)16-4-2-1-3-15(16)24(27,28)29/h1-8,17H,9-12,33H2,(H2,34,42)/t17-/m0/s1. The van der Waals surface area contributed by atoms with Crippen molar-refractivity contribution in [1.82, 2.24) is 29.1 Å². The van der Waals surface area contributed by atoms with Crippen LogP contribution in [0, 0.1) is 0 Å². The van der Waals surface area contributed by atoms with Crippen molar-refractivity contribution in [2.75, 3.05) is 6.54 Å². The summed E-state index contributed by atoms with van der Waals surface area (Å²) < 4.78 is 88.9. The molecule has 4 N–H and O–H groups in total. The second-order valence-electron chi connectivity index (χ2n) is 9.08. The highest BCUT2D eigenvalue weighted by Crippen LogP contribution is 2.34. The summed E-state index contributed by atoms with van der Waals surface area (Å²) in [6.07, 6.45) is -13.3. The Balaban J connectivity index is 1.81. The third-order valence-electron chi connectivity index (χ3n) is 5.96. The van der Waals surface area contributed by atoms with Crippen molar-refractivity contribution in [3.8, 4) is 17.1 Å². The summed E-state index contributed by atoms with van der Waals surface area (Å²) in [7, 11) is 0. The smallest absolute Gasteiger partial charge is 0.427 e. The van der Waals surface area contributed by atoms with Crippen molar-refractivity contribution in [3.63, 3.8) is 0 Å². The number of hydrogen-bond donors (Lipinski definition) is 2. The van der Waals surface area contributed by atoms with Gasteiger partial charge in [0.1, 0.15) is 6.54 Å². The van der Waals surface area contributed by atoms with E-state index in [0.29, 0.717) is 13.9 Å². The summed E-state index contributed by atoms with van der Waals surface area (Å²) in [5.74, 6) is -3.96. The number of alkyl halides is 6. The molecule has 0 aliphatic carbocycles. The zero-order chi connectivity index (χ0) is 32.4. The van der Waals surface area contributed by atoms with Gasteiger partial charge in [-0.15, -0.1) is 10.2 Å². The molecule has 0 aliphatic rings. The number of nitrogens with two attached hydrogens (primary N) is 2. The topological polar surface area (TPSA) is 166 Å². The molecule has 4 aromatic rings. The molecular formula is C25H21ClF6N8O4. The minimum absolute atomic E-state index is 0.134. The Hall–Kier alpha value is -4.71. The zero-order valence-corrected chi connectivity index (χ0v) is 22.9. The van der Waals surface area contributed by atoms with E-state index >= 15 is 0 Å². The van der Waals surface area contributed by atoms with Crippen molar-refractivity contribution in [2.24, 2.45) is 11.5 Å². The lowest BCUT2D eigenvalue weighted by molar-refractivity contribution is -0.224. The molecule has 0 saturated heterocycles. The van der Waals surface area contributed by atoms with Crippen LogP contribution in [0.25, 0.3) is 17.1 Å². The van der Waals surface area contributed by atoms with Crippen LogP contribution < -0.4 is 17.2 Å². The predicted molar refractivity (Wildman–Crippen MR) is 141 cm³/mol. The second-order valence-corrected chi connectivity index (χ2v) is 9.52. The summed E-state index contributed by atoms with van der Waals surface area (Å²) in [5, 5.41) is 8.26. The van der Waals surface area contributed by atoms with E-state index in [1.54, 1.807) is 0 Å². The van der Waals surface area contributed by atoms with E-state index in [1.807, 2.05) is 0 Å². The number of ether oxygens (including phenoxy) is 1. The first-order valence-corrected chi connectivity index (χ1v) is 12.8. The Morgan fingerprint density at radius 3 is 2.25 bits per heavy atom. The minimum atomic E-state index is -5.11. The molecule has 1 atom stereocenters. The van der Waals surface area contributed by atoms with Gasteiger partial charge in [-0.1, -0.05) is 23.7 Å². The molecule has 2 aromatic carbocycles. The molecule has 0 unspecified atom stereocenters. The third kappa shape index (κ3) is 7.08. The number of para-hydroxylation sites is 1. The predicted octanol–water partition coefficient (Wildman–Crippen LogP) is 2.93. The van der Waals surface area contributed by atoms with Crippen LogP contribution in [0.15, 0.2) is 53.3 Å². The molecule has 2 aromatic heterocycles. The van der Waals surface area contributed by atoms with Crippen LogP contribution in [0.4, 0.5) is 26.3 Å². The maximum atomic E-state index is 13.9. The number of hydrogen-bond acceptors (Lipinski definition) is 8. The minimum Gasteiger partial charge on any atom is -0.451 e. The van der Waals surface area contributed by atoms with Gasteiger partial charge in [0.25, 0.3) is 5.91 Å². The first kappa shape index (κ1) is 32.2. The molecule has 4 rings (SSSR count). The van der Waals surface area contributed by atoms with Crippen LogP contribution in [0.2, 0.25) is 5.02 Å². The molecule has 0 aliphatic heterocycles. The van der Waals surface area contributed by atoms with Crippen molar-refractivity contribution in [3.05, 3.63) is 81.3 Å². The number of benzene rings is 2. The molecule has 19 heteroatoms. The van der Waals surface area contributed by atoms with E-state index in [4.69, 9.17) is 23.1 Å². The fourth-order valence-corrected chi connectivity index (χ4v) is 4.14. The van der Waals surface area contributed by atoms with Crippen LogP contribution in [0.3, 0.4) is 0 Å². The number of primary amides is 1. The van der Waals surface area contributed by atoms with Gasteiger partial charge >= 0.3 is 24.0 Å². The van der Waals surface area contributed by atoms with Crippen molar-refractivity contribution in [2.45, 2.75) is 38.0 Å². The van der Waals surface area contributed by atoms with Gasteiger partial charge in [-0.2, -0.15) is 26.3 Å². The lowest BCUT2D eigenvalue weighted by Gasteiger charge is -2.21. The molecule has 1 amide bonds. The van der Waals surface area contributed by atoms with Crippen LogP contribution in [0.1, 0.15) is 28.4 Å². The lowest BCUT2D eigenvalue weighted by Crippen LogP contribution is -2.40. The highest BCUT2D eigenvalue weighted by molar-refractivity contribution is 6.30. The second kappa shape index (κ2) is 12.5. The molecule has 234 valence electrons. The first-order chi connectivity index (χ1) is 20.6. The Labute approximate surface area is 247 Å². The van der Waals surface area contributed by atoms with E-state index in [2.05, 4.69) is 19.9 Å². The molecule has 0 bridgehead atoms. The van der Waals surface area contributed by atoms with E-state index in [0.717, 1.165) is 18.2 Å². The van der Waals surface area contributed by atoms with Gasteiger partial charge in [-0.05, 0) is 36.4 Å². The van der Waals surface area contributed by atoms with Gasteiger partial charge in [-0.25, -0.2) is 19.1 Å². The monoisotopic (exact) mass is 646 g/mol. The summed E-state index contributed by atoms with van der Waals surface area (Å²) in [6.45, 7) is -2.21. The largest absolute Gasteiger partial charge is 0.451 e. The number of esters is 1. The average Bonchev–Trinajstić information content (AvgIpc) is 3.49. The fraction of sp³-hybridized carbons (Fsp3) is 0.280. The number of halogens is 7. The van der Waals surface area contributed by atoms with Crippen LogP contribution in [-0.2, 0) is 28.8 Å². The van der Waals surface area contributed by atoms with E-state index in [9.17, 15) is 40.7 Å². The number of carbonyl (C=O) groups is 2. The molecule has 0 fully saturated rings. The quantitative estimate of drug-likeness (QED) is 0.196. The summed E-state index contributed by atoms with van der Waals surface area (Å²) in [4.78, 5) is 41.2. The van der Waals surface area contributed by atoms with Gasteiger partial charge < -0.3 is 16.2 Å². The van der Waals surface area contributed by atoms with Gasteiger partial charge in [0.15, 0.2) is 11.6 Å². The van der Waals surface area contributed by atoms with Crippen LogP contribution in [0.5, 0.6) is 0 Å². The van der Waals surface area contributed by atoms with Crippen molar-refractivity contribution < 1.29 is 40.7 Å². The fourth-order valence-electron chi connectivity index (χ4n) is 4.01. The number of nitrogens with zero attached hydrogens (tertiary/aromatic N) is 6. The summed E-state index contributed by atoms with van der Waals surface area (Å²) >= 11 is 5.91. The van der Waals surface area contributed by atoms with E-state index in [-0.39, 0.29) is 23.0 Å². The normalized spacial score (nSPS) is 12.7. The van der Waals surface area contributed by atoms with E-state index < -0.39 is 78.4 Å². The summed E-state index contributed by atoms with van der Waals surface area (Å²) in [6, 6.07) is 9.60. The van der Waals surface area contributed by atoms with Gasteiger partial charge in [-0.3, -0.25) is 14.2 Å². The number of carbonyl (C=O) groups excluding carboxylic acids is 2. The molecule has 12 nitrogen and oxygen atoms in total. The Kier molecular flexibility index (Phi) is 9.14. The first-order valence-electron chi connectivity index (χ1n) is 12.4. The van der Waals surface area contributed by atoms with Crippen molar-refractivity contribution >= 4 is 23.5 Å². The Bertz CT molecular complexity index is 1730. The maximum Gasteiger partial charge on any atom is 0.427 e. The van der Waals surface area contributed by atoms with Crippen LogP contribution >= 0.6 is 11.6 Å². The highest BCUT2D eigenvalue weighted by atomic mass is 35.5. The number of amides is 1. The number of rotatable bonds is 10. The van der Waals surface area contributed by atoms with Crippen LogP contribution in [-0.4, -0.2) is 59.8 Å². The molecule has 0 saturated carbocycles. The lowest BCUT2D eigenvalue weighted by atomic mass is 10.1. The van der Waals surface area contributed by atoms with Gasteiger partial charge in [0.2, 0.25) is 11.9 Å². The number of aromatic nitrogens is 6. The van der Waals surface area contributed by atoms with Gasteiger partial charge in [0, 0.05) is 17.1 Å². The van der Waals surface area contributed by atoms with E-state index in [1.165, 1.54) is 30.3 Å². The molecule has 44 heavy (non-hydrogen) atoms. The van der Waals surface area contributed by atoms with Gasteiger partial charge in [0.05, 0.1) is 24.2 Å². The maximum absolute atomic E-state index is 13.9. The highest BCUT2D eigenvalue weighted by Gasteiger charge is 2.44. The SMILES string of the molecule is NCCC(=O)O[C@@H](Cn1c(-c2ccc(Cl)cc2)nn(Cc2nc(C(N)=O)n(-c3ccccc3C(F)(F)F)n2)c1=O)C(F)(F)F. The molecule has 0 spiro atoms. The Morgan fingerprint density at radius 2 is 1.66 bits per heavy atom. The molecular weight excluding hydrogens is 626 g/mol. The van der Waals surface area contributed by atoms with Crippen molar-refractivity contribution in [1.29, 1.82) is 0 Å².